The molecule has 0 bridgehead atoms. The fourth-order valence-electron chi connectivity index (χ4n) is 3.18. The predicted octanol–water partition coefficient (Wildman–Crippen LogP) is 4.83. The van der Waals surface area contributed by atoms with Crippen LogP contribution in [-0.4, -0.2) is 33.1 Å². The van der Waals surface area contributed by atoms with E-state index in [-0.39, 0.29) is 10.7 Å². The summed E-state index contributed by atoms with van der Waals surface area (Å²) in [6.45, 7) is 3.96. The number of benzene rings is 3. The molecule has 0 saturated carbocycles. The van der Waals surface area contributed by atoms with Gasteiger partial charge in [0.2, 0.25) is 0 Å². The van der Waals surface area contributed by atoms with E-state index in [9.17, 15) is 4.79 Å². The minimum Gasteiger partial charge on any atom is -0.496 e. The van der Waals surface area contributed by atoms with Crippen LogP contribution in [0.15, 0.2) is 54.6 Å². The van der Waals surface area contributed by atoms with Gasteiger partial charge in [0.25, 0.3) is 5.91 Å². The first-order valence-corrected chi connectivity index (χ1v) is 10.5. The molecule has 0 aliphatic carbocycles. The fraction of sp³-hybridized carbons (Fsp3) is 0.130. The van der Waals surface area contributed by atoms with Gasteiger partial charge in [-0.1, -0.05) is 29.3 Å². The number of anilines is 1. The summed E-state index contributed by atoms with van der Waals surface area (Å²) in [5.74, 6) is -0.0223. The van der Waals surface area contributed by atoms with Gasteiger partial charge in [-0.2, -0.15) is 4.80 Å². The van der Waals surface area contributed by atoms with Crippen molar-refractivity contribution in [1.82, 2.24) is 20.3 Å². The molecule has 7 nitrogen and oxygen atoms in total. The van der Waals surface area contributed by atoms with Crippen molar-refractivity contribution in [1.29, 1.82) is 0 Å². The molecule has 0 fully saturated rings. The number of rotatable bonds is 4. The molecule has 1 heterocycles. The number of carbonyl (C=O) groups excluding carboxylic acids is 1. The van der Waals surface area contributed by atoms with Crippen LogP contribution in [0.2, 0.25) is 5.02 Å². The molecule has 1 aromatic heterocycles. The first-order chi connectivity index (χ1) is 15.3. The van der Waals surface area contributed by atoms with Crippen LogP contribution in [0.1, 0.15) is 21.5 Å². The maximum absolute atomic E-state index is 12.7. The Kier molecular flexibility index (Phi) is 6.07. The van der Waals surface area contributed by atoms with Gasteiger partial charge in [0.15, 0.2) is 5.11 Å². The first-order valence-electron chi connectivity index (χ1n) is 9.74. The van der Waals surface area contributed by atoms with Crippen LogP contribution >= 0.6 is 23.8 Å². The fourth-order valence-corrected chi connectivity index (χ4v) is 3.55. The maximum atomic E-state index is 12.7. The number of ether oxygens (including phenoxy) is 1. The Morgan fingerprint density at radius 1 is 1.03 bits per heavy atom. The number of carbonyl (C=O) groups is 1. The van der Waals surface area contributed by atoms with Crippen molar-refractivity contribution >= 4 is 51.6 Å². The third kappa shape index (κ3) is 4.56. The molecule has 0 aliphatic heterocycles. The van der Waals surface area contributed by atoms with Crippen LogP contribution in [0.5, 0.6) is 5.75 Å². The normalized spacial score (nSPS) is 10.8. The summed E-state index contributed by atoms with van der Waals surface area (Å²) in [5, 5.41) is 15.4. The molecule has 9 heteroatoms. The average molecular weight is 466 g/mol. The van der Waals surface area contributed by atoms with E-state index in [2.05, 4.69) is 20.8 Å². The Labute approximate surface area is 195 Å². The van der Waals surface area contributed by atoms with Gasteiger partial charge >= 0.3 is 0 Å². The molecule has 0 atom stereocenters. The zero-order valence-corrected chi connectivity index (χ0v) is 19.2. The van der Waals surface area contributed by atoms with E-state index in [0.717, 1.165) is 22.5 Å². The maximum Gasteiger partial charge on any atom is 0.261 e. The van der Waals surface area contributed by atoms with Crippen molar-refractivity contribution < 1.29 is 9.53 Å². The van der Waals surface area contributed by atoms with E-state index in [1.807, 2.05) is 50.2 Å². The number of nitrogens with one attached hydrogen (secondary N) is 2. The molecule has 0 spiro atoms. The molecule has 1 amide bonds. The average Bonchev–Trinajstić information content (AvgIpc) is 3.17. The standard InChI is InChI=1S/C23H20ClN5O2S/c1-13-4-7-16(8-5-13)29-27-19-10-14(2)18(12-20(19)28-29)25-23(32)26-22(30)17-11-15(24)6-9-21(17)31-3/h4-12H,1-3H3,(H2,25,26,30,32). The lowest BCUT2D eigenvalue weighted by molar-refractivity contribution is 0.0975. The Morgan fingerprint density at radius 3 is 2.41 bits per heavy atom. The van der Waals surface area contributed by atoms with E-state index in [0.29, 0.717) is 16.3 Å². The van der Waals surface area contributed by atoms with Crippen molar-refractivity contribution in [2.24, 2.45) is 0 Å². The van der Waals surface area contributed by atoms with Crippen LogP contribution in [0.25, 0.3) is 16.7 Å². The highest BCUT2D eigenvalue weighted by atomic mass is 35.5. The monoisotopic (exact) mass is 465 g/mol. The molecule has 0 aliphatic rings. The Morgan fingerprint density at radius 2 is 1.72 bits per heavy atom. The number of fused-ring (bicyclic) bond motifs is 1. The molecular weight excluding hydrogens is 446 g/mol. The molecule has 32 heavy (non-hydrogen) atoms. The Balaban J connectivity index is 1.54. The topological polar surface area (TPSA) is 81.1 Å². The smallest absolute Gasteiger partial charge is 0.261 e. The lowest BCUT2D eigenvalue weighted by atomic mass is 10.1. The lowest BCUT2D eigenvalue weighted by Crippen LogP contribution is -2.34. The summed E-state index contributed by atoms with van der Waals surface area (Å²) in [4.78, 5) is 14.3. The van der Waals surface area contributed by atoms with Crippen molar-refractivity contribution in [3.63, 3.8) is 0 Å². The number of aromatic nitrogens is 3. The number of amides is 1. The second-order valence-electron chi connectivity index (χ2n) is 7.23. The van der Waals surface area contributed by atoms with Crippen molar-refractivity contribution in [2.45, 2.75) is 13.8 Å². The summed E-state index contributed by atoms with van der Waals surface area (Å²) >= 11 is 11.4. The third-order valence-electron chi connectivity index (χ3n) is 4.87. The van der Waals surface area contributed by atoms with Gasteiger partial charge < -0.3 is 10.1 Å². The number of methoxy groups -OCH3 is 1. The van der Waals surface area contributed by atoms with Gasteiger partial charge in [0.1, 0.15) is 16.8 Å². The van der Waals surface area contributed by atoms with Gasteiger partial charge in [-0.3, -0.25) is 10.1 Å². The number of hydrogen-bond acceptors (Lipinski definition) is 5. The highest BCUT2D eigenvalue weighted by molar-refractivity contribution is 7.80. The zero-order chi connectivity index (χ0) is 22.8. The van der Waals surface area contributed by atoms with E-state index >= 15 is 0 Å². The van der Waals surface area contributed by atoms with Crippen LogP contribution in [-0.2, 0) is 0 Å². The van der Waals surface area contributed by atoms with Crippen molar-refractivity contribution in [3.8, 4) is 11.4 Å². The predicted molar refractivity (Wildman–Crippen MR) is 130 cm³/mol. The summed E-state index contributed by atoms with van der Waals surface area (Å²) in [6.07, 6.45) is 0. The van der Waals surface area contributed by atoms with Crippen LogP contribution < -0.4 is 15.4 Å². The molecule has 0 unspecified atom stereocenters. The Hall–Kier alpha value is -3.49. The summed E-state index contributed by atoms with van der Waals surface area (Å²) in [7, 11) is 1.49. The van der Waals surface area contributed by atoms with E-state index in [4.69, 9.17) is 28.6 Å². The van der Waals surface area contributed by atoms with E-state index in [1.54, 1.807) is 16.9 Å². The minimum absolute atomic E-state index is 0.144. The Bertz CT molecular complexity index is 1330. The second kappa shape index (κ2) is 8.94. The van der Waals surface area contributed by atoms with Gasteiger partial charge in [0.05, 0.1) is 18.4 Å². The van der Waals surface area contributed by atoms with Gasteiger partial charge in [-0.15, -0.1) is 10.2 Å². The number of thiocarbonyl (C=S) groups is 1. The number of halogens is 1. The quantitative estimate of drug-likeness (QED) is 0.420. The number of aryl methyl sites for hydroxylation is 2. The van der Waals surface area contributed by atoms with Crippen LogP contribution in [0, 0.1) is 13.8 Å². The number of hydrogen-bond donors (Lipinski definition) is 2. The summed E-state index contributed by atoms with van der Waals surface area (Å²) in [5.41, 5.74) is 5.41. The molecule has 4 aromatic rings. The summed E-state index contributed by atoms with van der Waals surface area (Å²) < 4.78 is 5.23. The van der Waals surface area contributed by atoms with Gasteiger partial charge in [-0.25, -0.2) is 0 Å². The van der Waals surface area contributed by atoms with Crippen molar-refractivity contribution in [2.75, 3.05) is 12.4 Å². The molecule has 0 radical (unpaired) electrons. The highest BCUT2D eigenvalue weighted by Gasteiger charge is 2.15. The van der Waals surface area contributed by atoms with Gasteiger partial charge in [-0.05, 0) is 74.1 Å². The first kappa shape index (κ1) is 21.7. The molecule has 2 N–H and O–H groups in total. The largest absolute Gasteiger partial charge is 0.496 e. The second-order valence-corrected chi connectivity index (χ2v) is 8.08. The van der Waals surface area contributed by atoms with E-state index < -0.39 is 5.91 Å². The SMILES string of the molecule is COc1ccc(Cl)cc1C(=O)NC(=S)Nc1cc2nn(-c3ccc(C)cc3)nc2cc1C. The van der Waals surface area contributed by atoms with Gasteiger partial charge in [0, 0.05) is 10.7 Å². The summed E-state index contributed by atoms with van der Waals surface area (Å²) in [6, 6.07) is 16.5. The molecule has 162 valence electrons. The third-order valence-corrected chi connectivity index (χ3v) is 5.31. The van der Waals surface area contributed by atoms with Crippen molar-refractivity contribution in [3.05, 3.63) is 76.3 Å². The van der Waals surface area contributed by atoms with Crippen LogP contribution in [0.4, 0.5) is 5.69 Å². The minimum atomic E-state index is -0.425. The molecule has 4 rings (SSSR count). The van der Waals surface area contributed by atoms with E-state index in [1.165, 1.54) is 18.7 Å². The molecule has 0 saturated heterocycles. The van der Waals surface area contributed by atoms with Crippen LogP contribution in [0.3, 0.4) is 0 Å². The molecule has 3 aromatic carbocycles. The molecular formula is C23H20ClN5O2S. The number of nitrogens with zero attached hydrogens (tertiary/aromatic N) is 3. The lowest BCUT2D eigenvalue weighted by Gasteiger charge is -2.13. The highest BCUT2D eigenvalue weighted by Crippen LogP contribution is 2.24. The zero-order valence-electron chi connectivity index (χ0n) is 17.6.